The number of phenolic OH excluding ortho intramolecular Hbond substituents is 1. The summed E-state index contributed by atoms with van der Waals surface area (Å²) in [7, 11) is 3.71. The second-order valence-electron chi connectivity index (χ2n) is 16.7. The molecule has 1 saturated carbocycles. The smallest absolute Gasteiger partial charge is 0.315 e. The summed E-state index contributed by atoms with van der Waals surface area (Å²) in [4.78, 5) is 22.3. The van der Waals surface area contributed by atoms with E-state index in [9.17, 15) is 9.90 Å². The van der Waals surface area contributed by atoms with E-state index in [1.165, 1.54) is 52.7 Å². The third-order valence-corrected chi connectivity index (χ3v) is 15.8. The third-order valence-electron chi connectivity index (χ3n) is 15.8. The Morgan fingerprint density at radius 1 is 1.14 bits per heavy atom. The maximum atomic E-state index is 14.6. The van der Waals surface area contributed by atoms with E-state index >= 15 is 0 Å². The number of likely N-dealkylation sites (N-methyl/N-ethyl adjacent to an activating group) is 1. The molecule has 5 fully saturated rings. The second kappa shape index (κ2) is 9.31. The Balaban J connectivity index is 1.19. The molecule has 5 bridgehead atoms. The Hall–Kier alpha value is -3.33. The van der Waals surface area contributed by atoms with Gasteiger partial charge in [-0.25, -0.2) is 0 Å². The van der Waals surface area contributed by atoms with Crippen LogP contribution in [0.2, 0.25) is 0 Å². The Kier molecular flexibility index (Phi) is 5.59. The standard InChI is InChI=1S/C41H48N4O4/c1-5-24-22-44-17-14-40-29-18-27(33(46)20-31(29)42(3)41(40)34(44)19-28(24)39(40,23-49-41)37(47)48-4)32-21-38(6-2)13-9-15-43-16-12-26-25-10-7-8-11-30(25)45(32)35(26)36(38)43/h5,7-8,10-11,18,20,28,32,34,36,46H,6,9,12-17,19,21-23H2,1-4H3/b24-5-/t28-,32+,34+,36+,38-,39-,40-,41-/m1/s1. The summed E-state index contributed by atoms with van der Waals surface area (Å²) in [6, 6.07) is 14.0. The molecule has 0 spiro atoms. The van der Waals surface area contributed by atoms with Gasteiger partial charge in [-0.2, -0.15) is 0 Å². The lowest BCUT2D eigenvalue weighted by Crippen LogP contribution is -2.80. The van der Waals surface area contributed by atoms with Crippen LogP contribution in [0.3, 0.4) is 0 Å². The zero-order chi connectivity index (χ0) is 33.2. The Morgan fingerprint density at radius 2 is 2.00 bits per heavy atom. The van der Waals surface area contributed by atoms with Crippen LogP contribution in [-0.2, 0) is 26.1 Å². The largest absolute Gasteiger partial charge is 0.508 e. The zero-order valence-electron chi connectivity index (χ0n) is 29.3. The molecular weight excluding hydrogens is 612 g/mol. The van der Waals surface area contributed by atoms with Gasteiger partial charge in [0.2, 0.25) is 0 Å². The van der Waals surface area contributed by atoms with Crippen molar-refractivity contribution in [2.75, 3.05) is 51.8 Å². The van der Waals surface area contributed by atoms with Gasteiger partial charge in [0.15, 0.2) is 5.72 Å². The molecule has 8 aliphatic rings. The summed E-state index contributed by atoms with van der Waals surface area (Å²) in [5.41, 5.74) is 6.87. The molecule has 3 aromatic rings. The van der Waals surface area contributed by atoms with E-state index < -0.39 is 16.6 Å². The molecule has 0 amide bonds. The summed E-state index contributed by atoms with van der Waals surface area (Å²) in [6.07, 6.45) is 9.60. The number of ether oxygens (including phenoxy) is 2. The first-order chi connectivity index (χ1) is 23.8. The number of nitrogens with zero attached hydrogens (tertiary/aromatic N) is 4. The topological polar surface area (TPSA) is 70.4 Å². The summed E-state index contributed by atoms with van der Waals surface area (Å²) < 4.78 is 15.6. The first kappa shape index (κ1) is 29.4. The summed E-state index contributed by atoms with van der Waals surface area (Å²) >= 11 is 0. The van der Waals surface area contributed by atoms with E-state index in [2.05, 4.69) is 76.6 Å². The quantitative estimate of drug-likeness (QED) is 0.271. The molecule has 8 heterocycles. The lowest BCUT2D eigenvalue weighted by atomic mass is 9.43. The van der Waals surface area contributed by atoms with Crippen molar-refractivity contribution in [3.05, 3.63) is 70.4 Å². The van der Waals surface area contributed by atoms with Gasteiger partial charge in [0, 0.05) is 66.5 Å². The Labute approximate surface area is 288 Å². The lowest BCUT2D eigenvalue weighted by molar-refractivity contribution is -0.184. The van der Waals surface area contributed by atoms with Crippen molar-refractivity contribution in [2.45, 2.75) is 88.1 Å². The van der Waals surface area contributed by atoms with Crippen molar-refractivity contribution in [3.63, 3.8) is 0 Å². The molecule has 0 radical (unpaired) electrons. The van der Waals surface area contributed by atoms with Crippen LogP contribution in [0.1, 0.15) is 86.8 Å². The number of piperidine rings is 3. The van der Waals surface area contributed by atoms with Crippen LogP contribution in [0.4, 0.5) is 5.69 Å². The highest BCUT2D eigenvalue weighted by atomic mass is 16.6. The van der Waals surface area contributed by atoms with Crippen molar-refractivity contribution in [1.82, 2.24) is 14.4 Å². The van der Waals surface area contributed by atoms with E-state index in [4.69, 9.17) is 9.47 Å². The van der Waals surface area contributed by atoms with Gasteiger partial charge in [-0.1, -0.05) is 36.8 Å². The minimum absolute atomic E-state index is 0.00613. The normalized spacial score (nSPS) is 40.5. The van der Waals surface area contributed by atoms with Crippen molar-refractivity contribution >= 4 is 22.6 Å². The molecule has 8 heteroatoms. The number of carbonyl (C=O) groups excluding carboxylic acids is 1. The van der Waals surface area contributed by atoms with Crippen molar-refractivity contribution < 1.29 is 19.4 Å². The van der Waals surface area contributed by atoms with Crippen molar-refractivity contribution in [3.8, 4) is 5.75 Å². The molecule has 8 nitrogen and oxygen atoms in total. The number of anilines is 1. The first-order valence-corrected chi connectivity index (χ1v) is 18.9. The van der Waals surface area contributed by atoms with Gasteiger partial charge in [0.1, 0.15) is 11.2 Å². The summed E-state index contributed by atoms with van der Waals surface area (Å²) in [5.74, 6) is 0.282. The maximum Gasteiger partial charge on any atom is 0.315 e. The fourth-order valence-corrected chi connectivity index (χ4v) is 14.1. The fraction of sp³-hybridized carbons (Fsp3) is 0.585. The van der Waals surface area contributed by atoms with Crippen LogP contribution in [0.15, 0.2) is 48.0 Å². The van der Waals surface area contributed by atoms with E-state index in [1.807, 2.05) is 6.07 Å². The van der Waals surface area contributed by atoms with E-state index in [0.717, 1.165) is 63.0 Å². The monoisotopic (exact) mass is 660 g/mol. The number of fused-ring (bicyclic) bond motifs is 6. The van der Waals surface area contributed by atoms with Gasteiger partial charge in [0.05, 0.1) is 37.3 Å². The number of esters is 1. The number of para-hydroxylation sites is 1. The summed E-state index contributed by atoms with van der Waals surface area (Å²) in [5, 5.41) is 13.7. The highest BCUT2D eigenvalue weighted by Crippen LogP contribution is 2.77. The van der Waals surface area contributed by atoms with Gasteiger partial charge >= 0.3 is 5.97 Å². The Bertz CT molecular complexity index is 2020. The van der Waals surface area contributed by atoms with Gasteiger partial charge in [-0.15, -0.1) is 0 Å². The van der Waals surface area contributed by atoms with Crippen LogP contribution in [-0.4, -0.2) is 84.2 Å². The maximum absolute atomic E-state index is 14.6. The van der Waals surface area contributed by atoms with Gasteiger partial charge in [0.25, 0.3) is 0 Å². The van der Waals surface area contributed by atoms with E-state index in [1.54, 1.807) is 7.11 Å². The van der Waals surface area contributed by atoms with Crippen LogP contribution in [0.5, 0.6) is 5.75 Å². The molecule has 2 aromatic carbocycles. The molecule has 0 unspecified atom stereocenters. The highest BCUT2D eigenvalue weighted by molar-refractivity contribution is 5.88. The predicted molar refractivity (Wildman–Crippen MR) is 188 cm³/mol. The average molecular weight is 661 g/mol. The van der Waals surface area contributed by atoms with Crippen molar-refractivity contribution in [2.24, 2.45) is 16.7 Å². The predicted octanol–water partition coefficient (Wildman–Crippen LogP) is 6.06. The number of benzene rings is 2. The van der Waals surface area contributed by atoms with Crippen LogP contribution in [0, 0.1) is 16.7 Å². The second-order valence-corrected chi connectivity index (χ2v) is 16.7. The third kappa shape index (κ3) is 2.93. The number of phenols is 1. The number of aromatic hydroxyl groups is 1. The number of allylic oxidation sites excluding steroid dienone is 1. The molecule has 4 saturated heterocycles. The van der Waals surface area contributed by atoms with Crippen molar-refractivity contribution in [1.29, 1.82) is 0 Å². The zero-order valence-corrected chi connectivity index (χ0v) is 29.3. The molecule has 1 aliphatic carbocycles. The molecule has 8 atom stereocenters. The van der Waals surface area contributed by atoms with Gasteiger partial charge < -0.3 is 24.0 Å². The van der Waals surface area contributed by atoms with Crippen LogP contribution < -0.4 is 4.90 Å². The number of carbonyl (C=O) groups is 1. The fourth-order valence-electron chi connectivity index (χ4n) is 14.1. The molecule has 1 N–H and O–H groups in total. The SMILES string of the molecule is C/C=C1/CN2CC[C@]34c5cc([C@@H]6C[C@@]7(CC)CCCN8CCc9c(n6c6ccccc96)[C@H]87)c(O)cc5N(C)[C@]35OC[C@]4(C(=O)OC)[C@@H]1C[C@H]25. The molecule has 256 valence electrons. The minimum atomic E-state index is -0.828. The molecular formula is C41H48N4O4. The molecule has 1 aromatic heterocycles. The molecule has 7 aliphatic heterocycles. The average Bonchev–Trinajstić information content (AvgIpc) is 3.68. The number of hydrogen-bond acceptors (Lipinski definition) is 7. The minimum Gasteiger partial charge on any atom is -0.508 e. The number of aromatic nitrogens is 1. The molecule has 49 heavy (non-hydrogen) atoms. The van der Waals surface area contributed by atoms with E-state index in [-0.39, 0.29) is 29.4 Å². The van der Waals surface area contributed by atoms with Crippen LogP contribution >= 0.6 is 0 Å². The lowest BCUT2D eigenvalue weighted by Gasteiger charge is -2.66. The van der Waals surface area contributed by atoms with Gasteiger partial charge in [-0.05, 0) is 87.1 Å². The Morgan fingerprint density at radius 3 is 2.82 bits per heavy atom. The number of rotatable bonds is 3. The van der Waals surface area contributed by atoms with Crippen LogP contribution in [0.25, 0.3) is 10.9 Å². The van der Waals surface area contributed by atoms with E-state index in [0.29, 0.717) is 18.4 Å². The first-order valence-electron chi connectivity index (χ1n) is 18.9. The molecule has 11 rings (SSSR count). The number of hydrogen-bond donors (Lipinski definition) is 1. The summed E-state index contributed by atoms with van der Waals surface area (Å²) in [6.45, 7) is 8.97. The van der Waals surface area contributed by atoms with Gasteiger partial charge in [-0.3, -0.25) is 14.6 Å². The highest BCUT2D eigenvalue weighted by Gasteiger charge is 2.87. The number of methoxy groups -OCH3 is 1.